The molecule has 0 spiro atoms. The molecule has 0 unspecified atom stereocenters. The summed E-state index contributed by atoms with van der Waals surface area (Å²) in [4.78, 5) is 9.59. The molecule has 102 valence electrons. The summed E-state index contributed by atoms with van der Waals surface area (Å²) in [7, 11) is -3.18. The summed E-state index contributed by atoms with van der Waals surface area (Å²) in [5, 5.41) is 26.3. The predicted octanol–water partition coefficient (Wildman–Crippen LogP) is -0.0194. The number of non-ortho nitro benzene ring substituents is 1. The lowest BCUT2D eigenvalue weighted by molar-refractivity contribution is -0.384. The molecule has 0 radical (unpaired) electrons. The monoisotopic (exact) mass is 277 g/mol. The lowest BCUT2D eigenvalue weighted by atomic mass is 10.3. The number of aliphatic hydroxyl groups excluding tert-OH is 2. The Hall–Kier alpha value is -1.51. The molecule has 7 nitrogen and oxygen atoms in total. The van der Waals surface area contributed by atoms with E-state index in [0.717, 1.165) is 0 Å². The molecule has 0 fully saturated rings. The summed E-state index contributed by atoms with van der Waals surface area (Å²) in [5.41, 5.74) is 0.137. The highest BCUT2D eigenvalue weighted by Crippen LogP contribution is 2.06. The van der Waals surface area contributed by atoms with Crippen LogP contribution < -0.4 is 0 Å². The molecule has 1 aromatic carbocycles. The fraction of sp³-hybridized carbons (Fsp3) is 0.400. The fourth-order valence-electron chi connectivity index (χ4n) is 0.930. The third-order valence-corrected chi connectivity index (χ3v) is 3.38. The van der Waals surface area contributed by atoms with Crippen LogP contribution in [0.25, 0.3) is 0 Å². The Morgan fingerprint density at radius 2 is 1.50 bits per heavy atom. The van der Waals surface area contributed by atoms with E-state index in [0.29, 0.717) is 0 Å². The second-order valence-corrected chi connectivity index (χ2v) is 5.50. The number of sulfone groups is 1. The van der Waals surface area contributed by atoms with Gasteiger partial charge < -0.3 is 10.2 Å². The molecule has 18 heavy (non-hydrogen) atoms. The van der Waals surface area contributed by atoms with Crippen LogP contribution in [0.3, 0.4) is 0 Å². The van der Waals surface area contributed by atoms with E-state index in [2.05, 4.69) is 0 Å². The second-order valence-electron chi connectivity index (χ2n) is 3.19. The third-order valence-electron chi connectivity index (χ3n) is 1.77. The fourth-order valence-corrected chi connectivity index (χ4v) is 1.69. The molecule has 8 heteroatoms. The zero-order chi connectivity index (χ0) is 14.0. The molecule has 0 saturated carbocycles. The van der Waals surface area contributed by atoms with E-state index in [4.69, 9.17) is 10.2 Å². The topological polar surface area (TPSA) is 118 Å². The first-order valence-electron chi connectivity index (χ1n) is 5.04. The van der Waals surface area contributed by atoms with Crippen molar-refractivity contribution in [3.63, 3.8) is 0 Å². The van der Waals surface area contributed by atoms with Gasteiger partial charge in [0.1, 0.15) is 0 Å². The number of aliphatic hydroxyl groups is 2. The number of benzene rings is 1. The standard InChI is InChI=1S/C6H5NO2.C4H10O4S/c8-7(9)6-4-2-1-3-5-6;5-1-3-9(7,8)4-2-6/h1-5H;5-6H,1-4H2. The van der Waals surface area contributed by atoms with Crippen molar-refractivity contribution in [2.24, 2.45) is 0 Å². The minimum absolute atomic E-state index is 0.137. The van der Waals surface area contributed by atoms with Gasteiger partial charge in [-0.15, -0.1) is 0 Å². The van der Waals surface area contributed by atoms with Crippen LogP contribution in [0.5, 0.6) is 0 Å². The molecule has 0 bridgehead atoms. The molecule has 1 aromatic rings. The minimum Gasteiger partial charge on any atom is -0.395 e. The molecule has 0 aliphatic rings. The Kier molecular flexibility index (Phi) is 7.84. The van der Waals surface area contributed by atoms with Gasteiger partial charge in [0.2, 0.25) is 0 Å². The summed E-state index contributed by atoms with van der Waals surface area (Å²) in [5.74, 6) is -0.513. The summed E-state index contributed by atoms with van der Waals surface area (Å²) >= 11 is 0. The number of rotatable bonds is 5. The van der Waals surface area contributed by atoms with Crippen molar-refractivity contribution in [2.75, 3.05) is 24.7 Å². The zero-order valence-corrected chi connectivity index (χ0v) is 10.4. The smallest absolute Gasteiger partial charge is 0.269 e. The quantitative estimate of drug-likeness (QED) is 0.577. The van der Waals surface area contributed by atoms with Gasteiger partial charge in [0.25, 0.3) is 5.69 Å². The molecule has 0 aliphatic heterocycles. The van der Waals surface area contributed by atoms with Crippen molar-refractivity contribution in [2.45, 2.75) is 0 Å². The molecule has 0 heterocycles. The largest absolute Gasteiger partial charge is 0.395 e. The van der Waals surface area contributed by atoms with E-state index in [9.17, 15) is 18.5 Å². The maximum atomic E-state index is 10.5. The lowest BCUT2D eigenvalue weighted by Crippen LogP contribution is -2.15. The summed E-state index contributed by atoms with van der Waals surface area (Å²) < 4.78 is 21.0. The Labute approximate surface area is 105 Å². The number of nitrogens with zero attached hydrogens (tertiary/aromatic N) is 1. The summed E-state index contributed by atoms with van der Waals surface area (Å²) in [6.07, 6.45) is 0. The van der Waals surface area contributed by atoms with Gasteiger partial charge in [0.15, 0.2) is 9.84 Å². The SMILES string of the molecule is O=S(=O)(CCO)CCO.O=[N+]([O-])c1ccccc1. The Morgan fingerprint density at radius 1 is 1.06 bits per heavy atom. The molecular weight excluding hydrogens is 262 g/mol. The van der Waals surface area contributed by atoms with E-state index in [1.807, 2.05) is 0 Å². The number of para-hydroxylation sites is 1. The zero-order valence-electron chi connectivity index (χ0n) is 9.60. The van der Waals surface area contributed by atoms with Gasteiger partial charge in [0, 0.05) is 12.1 Å². The number of hydrogen-bond donors (Lipinski definition) is 2. The molecule has 0 atom stereocenters. The van der Waals surface area contributed by atoms with Gasteiger partial charge in [0.05, 0.1) is 29.6 Å². The van der Waals surface area contributed by atoms with Crippen molar-refractivity contribution in [1.29, 1.82) is 0 Å². The maximum Gasteiger partial charge on any atom is 0.269 e. The number of nitro benzene ring substituents is 1. The summed E-state index contributed by atoms with van der Waals surface area (Å²) in [6, 6.07) is 7.93. The lowest BCUT2D eigenvalue weighted by Gasteiger charge is -1.96. The molecule has 2 N–H and O–H groups in total. The van der Waals surface area contributed by atoms with E-state index in [1.165, 1.54) is 12.1 Å². The van der Waals surface area contributed by atoms with Gasteiger partial charge in [-0.3, -0.25) is 10.1 Å². The molecule has 0 aliphatic carbocycles. The van der Waals surface area contributed by atoms with Crippen molar-refractivity contribution < 1.29 is 23.6 Å². The highest BCUT2D eigenvalue weighted by Gasteiger charge is 2.07. The second kappa shape index (κ2) is 8.56. The highest BCUT2D eigenvalue weighted by molar-refractivity contribution is 7.91. The van der Waals surface area contributed by atoms with E-state index in [-0.39, 0.29) is 30.4 Å². The first kappa shape index (κ1) is 16.5. The van der Waals surface area contributed by atoms with Crippen molar-refractivity contribution >= 4 is 15.5 Å². The van der Waals surface area contributed by atoms with Crippen molar-refractivity contribution in [1.82, 2.24) is 0 Å². The average molecular weight is 277 g/mol. The minimum atomic E-state index is -3.18. The number of hydrogen-bond acceptors (Lipinski definition) is 6. The first-order valence-corrected chi connectivity index (χ1v) is 6.86. The van der Waals surface area contributed by atoms with Gasteiger partial charge in [-0.1, -0.05) is 18.2 Å². The van der Waals surface area contributed by atoms with Crippen LogP contribution >= 0.6 is 0 Å². The van der Waals surface area contributed by atoms with E-state index in [1.54, 1.807) is 18.2 Å². The van der Waals surface area contributed by atoms with Gasteiger partial charge in [-0.05, 0) is 0 Å². The van der Waals surface area contributed by atoms with Crippen LogP contribution in [0.2, 0.25) is 0 Å². The Morgan fingerprint density at radius 3 is 1.78 bits per heavy atom. The Bertz CT molecular complexity index is 433. The molecule has 0 saturated heterocycles. The third kappa shape index (κ3) is 7.71. The normalized spacial score (nSPS) is 10.3. The Balaban J connectivity index is 0.000000321. The number of nitro groups is 1. The van der Waals surface area contributed by atoms with Crippen LogP contribution in [0.15, 0.2) is 30.3 Å². The molecular formula is C10H15NO6S. The van der Waals surface area contributed by atoms with Crippen LogP contribution in [-0.4, -0.2) is 48.3 Å². The van der Waals surface area contributed by atoms with Crippen LogP contribution in [0.1, 0.15) is 0 Å². The molecule has 0 aromatic heterocycles. The van der Waals surface area contributed by atoms with Crippen LogP contribution in [0.4, 0.5) is 5.69 Å². The summed E-state index contributed by atoms with van der Waals surface area (Å²) in [6.45, 7) is -0.745. The van der Waals surface area contributed by atoms with E-state index < -0.39 is 14.8 Å². The van der Waals surface area contributed by atoms with E-state index >= 15 is 0 Å². The van der Waals surface area contributed by atoms with Crippen molar-refractivity contribution in [3.8, 4) is 0 Å². The van der Waals surface area contributed by atoms with Gasteiger partial charge in [-0.2, -0.15) is 0 Å². The predicted molar refractivity (Wildman–Crippen MR) is 65.9 cm³/mol. The average Bonchev–Trinajstić information content (AvgIpc) is 2.30. The van der Waals surface area contributed by atoms with Crippen LogP contribution in [0, 0.1) is 10.1 Å². The van der Waals surface area contributed by atoms with Crippen LogP contribution in [-0.2, 0) is 9.84 Å². The van der Waals surface area contributed by atoms with Gasteiger partial charge >= 0.3 is 0 Å². The van der Waals surface area contributed by atoms with Gasteiger partial charge in [-0.25, -0.2) is 8.42 Å². The molecule has 1 rings (SSSR count). The maximum absolute atomic E-state index is 10.5. The first-order chi connectivity index (χ1) is 8.43. The van der Waals surface area contributed by atoms with Crippen molar-refractivity contribution in [3.05, 3.63) is 40.4 Å². The highest BCUT2D eigenvalue weighted by atomic mass is 32.2. The molecule has 0 amide bonds.